The Kier molecular flexibility index (Phi) is 5.51. The maximum absolute atomic E-state index is 13.1. The number of fused-ring (bicyclic) bond motifs is 6. The third kappa shape index (κ3) is 3.59. The average Bonchev–Trinajstić information content (AvgIpc) is 3.08. The molecule has 3 aromatic carbocycles. The monoisotopic (exact) mass is 477 g/mol. The number of nitrogens with two attached hydrogens (primary N) is 1. The van der Waals surface area contributed by atoms with Gasteiger partial charge >= 0.3 is 5.97 Å². The van der Waals surface area contributed by atoms with E-state index in [4.69, 9.17) is 27.4 Å². The molecule has 174 valence electrons. The van der Waals surface area contributed by atoms with Gasteiger partial charge in [-0.3, -0.25) is 0 Å². The molecule has 0 saturated carbocycles. The maximum Gasteiger partial charge on any atom is 0.340 e. The molecule has 2 aliphatic heterocycles. The smallest absolute Gasteiger partial charge is 0.340 e. The lowest BCUT2D eigenvalue weighted by molar-refractivity contribution is 0.0224. The first-order chi connectivity index (χ1) is 16.4. The van der Waals surface area contributed by atoms with E-state index in [1.54, 1.807) is 18.2 Å². The topological polar surface area (TPSA) is 126 Å². The predicted molar refractivity (Wildman–Crippen MR) is 131 cm³/mol. The van der Waals surface area contributed by atoms with Gasteiger partial charge in [0.25, 0.3) is 0 Å². The fraction of sp³-hybridized carbons (Fsp3) is 0.200. The summed E-state index contributed by atoms with van der Waals surface area (Å²) in [4.78, 5) is 13.1. The number of unbranched alkanes of at least 4 members (excludes halogenated alkanes) is 1. The minimum atomic E-state index is -1.28. The highest BCUT2D eigenvalue weighted by atomic mass is 32.1. The summed E-state index contributed by atoms with van der Waals surface area (Å²) in [6, 6.07) is 14.7. The Bertz CT molecular complexity index is 1260. The van der Waals surface area contributed by atoms with Gasteiger partial charge in [0.05, 0.1) is 5.56 Å². The molecular weight excluding hydrogens is 454 g/mol. The molecule has 0 amide bonds. The van der Waals surface area contributed by atoms with Crippen molar-refractivity contribution in [3.8, 4) is 23.0 Å². The molecule has 5 rings (SSSR count). The van der Waals surface area contributed by atoms with Crippen LogP contribution in [0.15, 0.2) is 54.6 Å². The summed E-state index contributed by atoms with van der Waals surface area (Å²) in [7, 11) is 0. The lowest BCUT2D eigenvalue weighted by atomic mass is 9.77. The highest BCUT2D eigenvalue weighted by Gasteiger charge is 2.53. The zero-order chi connectivity index (χ0) is 23.9. The Balaban J connectivity index is 1.55. The third-order valence-electron chi connectivity index (χ3n) is 5.95. The summed E-state index contributed by atoms with van der Waals surface area (Å²) in [5.41, 5.74) is 7.05. The number of anilines is 1. The van der Waals surface area contributed by atoms with Crippen molar-refractivity contribution < 1.29 is 24.5 Å². The van der Waals surface area contributed by atoms with Crippen LogP contribution in [-0.4, -0.2) is 34.4 Å². The van der Waals surface area contributed by atoms with Crippen molar-refractivity contribution in [2.45, 2.75) is 18.4 Å². The van der Waals surface area contributed by atoms with Gasteiger partial charge in [0.2, 0.25) is 0 Å². The van der Waals surface area contributed by atoms with Crippen molar-refractivity contribution in [3.05, 3.63) is 76.9 Å². The SMILES string of the molecule is NCCCCNC(=S)Nc1ccc2c(c1)C(=O)OC21c2ccc(O)cc2Oc2cc(O)ccc21. The molecule has 0 saturated heterocycles. The molecule has 3 aromatic rings. The second-order valence-corrected chi connectivity index (χ2v) is 8.58. The first-order valence-electron chi connectivity index (χ1n) is 10.9. The molecule has 6 N–H and O–H groups in total. The van der Waals surface area contributed by atoms with Gasteiger partial charge in [-0.1, -0.05) is 6.07 Å². The van der Waals surface area contributed by atoms with E-state index in [1.807, 2.05) is 12.1 Å². The number of hydrogen-bond acceptors (Lipinski definition) is 7. The zero-order valence-corrected chi connectivity index (χ0v) is 18.9. The van der Waals surface area contributed by atoms with E-state index in [0.717, 1.165) is 12.8 Å². The van der Waals surface area contributed by atoms with Gasteiger partial charge in [-0.15, -0.1) is 0 Å². The predicted octanol–water partition coefficient (Wildman–Crippen LogP) is 3.69. The van der Waals surface area contributed by atoms with E-state index < -0.39 is 11.6 Å². The molecule has 0 unspecified atom stereocenters. The summed E-state index contributed by atoms with van der Waals surface area (Å²) in [5, 5.41) is 26.7. The number of phenolic OH excluding ortho intramolecular Hbond substituents is 2. The van der Waals surface area contributed by atoms with Gasteiger partial charge in [0.1, 0.15) is 23.0 Å². The lowest BCUT2D eigenvalue weighted by Gasteiger charge is -2.36. The highest BCUT2D eigenvalue weighted by molar-refractivity contribution is 7.80. The van der Waals surface area contributed by atoms with Crippen molar-refractivity contribution in [3.63, 3.8) is 0 Å². The molecule has 8 nitrogen and oxygen atoms in total. The number of esters is 1. The first-order valence-corrected chi connectivity index (χ1v) is 11.3. The van der Waals surface area contributed by atoms with Crippen LogP contribution in [0.4, 0.5) is 5.69 Å². The van der Waals surface area contributed by atoms with Gasteiger partial charge in [-0.2, -0.15) is 0 Å². The average molecular weight is 478 g/mol. The van der Waals surface area contributed by atoms with Crippen LogP contribution >= 0.6 is 12.2 Å². The van der Waals surface area contributed by atoms with Crippen molar-refractivity contribution in [1.82, 2.24) is 5.32 Å². The van der Waals surface area contributed by atoms with E-state index in [9.17, 15) is 15.0 Å². The lowest BCUT2D eigenvalue weighted by Crippen LogP contribution is -2.33. The van der Waals surface area contributed by atoms with Crippen molar-refractivity contribution >= 4 is 29.0 Å². The van der Waals surface area contributed by atoms with Crippen LogP contribution in [0.5, 0.6) is 23.0 Å². The zero-order valence-electron chi connectivity index (χ0n) is 18.1. The summed E-state index contributed by atoms with van der Waals surface area (Å²) >= 11 is 5.36. The molecule has 2 heterocycles. The minimum absolute atomic E-state index is 0.00840. The second kappa shape index (κ2) is 8.51. The minimum Gasteiger partial charge on any atom is -0.508 e. The van der Waals surface area contributed by atoms with Crippen molar-refractivity contribution in [2.24, 2.45) is 5.73 Å². The number of hydrogen-bond donors (Lipinski definition) is 5. The van der Waals surface area contributed by atoms with Crippen molar-refractivity contribution in [2.75, 3.05) is 18.4 Å². The van der Waals surface area contributed by atoms with Crippen LogP contribution in [0, 0.1) is 0 Å². The number of ether oxygens (including phenoxy) is 2. The molecule has 0 aromatic heterocycles. The third-order valence-corrected chi connectivity index (χ3v) is 6.19. The summed E-state index contributed by atoms with van der Waals surface area (Å²) in [6.45, 7) is 1.33. The number of rotatable bonds is 5. The molecule has 0 atom stereocenters. The second-order valence-electron chi connectivity index (χ2n) is 8.17. The van der Waals surface area contributed by atoms with Crippen LogP contribution in [0.3, 0.4) is 0 Å². The van der Waals surface area contributed by atoms with Gasteiger partial charge in [-0.05, 0) is 68.0 Å². The van der Waals surface area contributed by atoms with Gasteiger partial charge in [-0.25, -0.2) is 4.79 Å². The van der Waals surface area contributed by atoms with Crippen molar-refractivity contribution in [1.29, 1.82) is 0 Å². The molecule has 1 spiro atoms. The molecule has 0 bridgehead atoms. The molecule has 0 aliphatic carbocycles. The summed E-state index contributed by atoms with van der Waals surface area (Å²) in [5.74, 6) is 0.191. The van der Waals surface area contributed by atoms with E-state index in [1.165, 1.54) is 24.3 Å². The first kappa shape index (κ1) is 22.0. The fourth-order valence-electron chi connectivity index (χ4n) is 4.43. The van der Waals surface area contributed by atoms with E-state index >= 15 is 0 Å². The molecule has 9 heteroatoms. The Morgan fingerprint density at radius 2 is 1.59 bits per heavy atom. The Morgan fingerprint density at radius 1 is 0.941 bits per heavy atom. The Hall–Kier alpha value is -3.82. The molecule has 34 heavy (non-hydrogen) atoms. The van der Waals surface area contributed by atoms with Crippen LogP contribution in [0.25, 0.3) is 0 Å². The molecule has 0 fully saturated rings. The number of thiocarbonyl (C=S) groups is 1. The Labute approximate surface area is 201 Å². The number of carbonyl (C=O) groups is 1. The highest BCUT2D eigenvalue weighted by Crippen LogP contribution is 2.57. The fourth-order valence-corrected chi connectivity index (χ4v) is 4.65. The quantitative estimate of drug-likeness (QED) is 0.212. The maximum atomic E-state index is 13.1. The number of aromatic hydroxyl groups is 2. The van der Waals surface area contributed by atoms with Crippen LogP contribution in [0.1, 0.15) is 39.9 Å². The normalized spacial score (nSPS) is 14.4. The van der Waals surface area contributed by atoms with Gasteiger partial charge in [0, 0.05) is 41.1 Å². The number of carbonyl (C=O) groups excluding carboxylic acids is 1. The Morgan fingerprint density at radius 3 is 2.24 bits per heavy atom. The van der Waals surface area contributed by atoms with E-state index in [2.05, 4.69) is 10.6 Å². The standard InChI is InChI=1S/C25H23N3O5S/c26-9-1-2-10-27-24(34)28-14-3-6-18-17(11-14)23(31)33-25(18)19-7-4-15(29)12-21(19)32-22-13-16(30)5-8-20(22)25/h3-8,11-13,29-30H,1-2,9-10,26H2,(H2,27,28,34). The molecule has 0 radical (unpaired) electrons. The van der Waals surface area contributed by atoms with E-state index in [-0.39, 0.29) is 11.5 Å². The molecular formula is C25H23N3O5S. The van der Waals surface area contributed by atoms with Gasteiger partial charge < -0.3 is 36.1 Å². The number of nitrogens with one attached hydrogen (secondary N) is 2. The summed E-state index contributed by atoms with van der Waals surface area (Å²) < 4.78 is 12.0. The van der Waals surface area contributed by atoms with Crippen LogP contribution in [0.2, 0.25) is 0 Å². The number of benzene rings is 3. The van der Waals surface area contributed by atoms with Gasteiger partial charge in [0.15, 0.2) is 10.7 Å². The van der Waals surface area contributed by atoms with Crippen LogP contribution < -0.4 is 21.1 Å². The van der Waals surface area contributed by atoms with Crippen LogP contribution in [-0.2, 0) is 10.3 Å². The molecule has 2 aliphatic rings. The van der Waals surface area contributed by atoms with E-state index in [0.29, 0.717) is 57.6 Å². The largest absolute Gasteiger partial charge is 0.508 e. The summed E-state index contributed by atoms with van der Waals surface area (Å²) in [6.07, 6.45) is 1.81. The number of phenols is 2.